The average Bonchev–Trinajstić information content (AvgIpc) is 2.44. The fourth-order valence-corrected chi connectivity index (χ4v) is 2.76. The van der Waals surface area contributed by atoms with Crippen molar-refractivity contribution >= 4 is 6.09 Å². The van der Waals surface area contributed by atoms with E-state index < -0.39 is 12.1 Å². The molecule has 1 fully saturated rings. The van der Waals surface area contributed by atoms with Gasteiger partial charge in [0.1, 0.15) is 11.9 Å². The van der Waals surface area contributed by atoms with Crippen molar-refractivity contribution in [3.8, 4) is 6.07 Å². The molecule has 1 aromatic carbocycles. The first-order valence-electron chi connectivity index (χ1n) is 6.84. The van der Waals surface area contributed by atoms with Crippen molar-refractivity contribution in [2.75, 3.05) is 13.1 Å². The zero-order valence-electron chi connectivity index (χ0n) is 12.0. The summed E-state index contributed by atoms with van der Waals surface area (Å²) in [5, 5.41) is 18.6. The molecule has 1 aromatic rings. The molecule has 0 aliphatic carbocycles. The van der Waals surface area contributed by atoms with Crippen LogP contribution in [0.1, 0.15) is 25.5 Å². The van der Waals surface area contributed by atoms with Gasteiger partial charge < -0.3 is 10.0 Å². The number of nitriles is 1. The zero-order chi connectivity index (χ0) is 15.6. The van der Waals surface area contributed by atoms with Crippen LogP contribution in [0.15, 0.2) is 24.3 Å². The molecule has 6 heteroatoms. The van der Waals surface area contributed by atoms with Gasteiger partial charge in [0, 0.05) is 25.2 Å². The molecule has 0 bridgehead atoms. The summed E-state index contributed by atoms with van der Waals surface area (Å²) in [6, 6.07) is 7.35. The van der Waals surface area contributed by atoms with Crippen LogP contribution >= 0.6 is 0 Å². The standard InChI is InChI=1S/C15H18FN3O2/c1-10-9-19(15(20)21)11(2)8-18(10)14(7-17)12-3-5-13(16)6-4-12/h3-6,10-11,14H,8-9H2,1-2H3,(H,20,21)/t10-,11+,14?/m1/s1. The van der Waals surface area contributed by atoms with E-state index in [1.807, 2.05) is 18.7 Å². The van der Waals surface area contributed by atoms with Gasteiger partial charge in [0.25, 0.3) is 0 Å². The highest BCUT2D eigenvalue weighted by atomic mass is 19.1. The number of nitrogens with zero attached hydrogens (tertiary/aromatic N) is 3. The molecule has 1 aliphatic rings. The van der Waals surface area contributed by atoms with Gasteiger partial charge in [-0.1, -0.05) is 12.1 Å². The van der Waals surface area contributed by atoms with Crippen LogP contribution in [0, 0.1) is 17.1 Å². The highest BCUT2D eigenvalue weighted by molar-refractivity contribution is 5.65. The third kappa shape index (κ3) is 3.14. The lowest BCUT2D eigenvalue weighted by Gasteiger charge is -2.44. The molecule has 1 unspecified atom stereocenters. The van der Waals surface area contributed by atoms with Crippen LogP contribution in [-0.2, 0) is 0 Å². The predicted molar refractivity (Wildman–Crippen MR) is 75.1 cm³/mol. The molecule has 0 spiro atoms. The van der Waals surface area contributed by atoms with Crippen molar-refractivity contribution in [1.82, 2.24) is 9.80 Å². The van der Waals surface area contributed by atoms with Gasteiger partial charge in [-0.2, -0.15) is 5.26 Å². The van der Waals surface area contributed by atoms with E-state index in [0.29, 0.717) is 13.1 Å². The minimum Gasteiger partial charge on any atom is -0.465 e. The molecule has 21 heavy (non-hydrogen) atoms. The molecular weight excluding hydrogens is 273 g/mol. The molecule has 0 aromatic heterocycles. The number of rotatable bonds is 2. The Kier molecular flexibility index (Phi) is 4.43. The first-order valence-corrected chi connectivity index (χ1v) is 6.84. The number of carboxylic acid groups (broad SMARTS) is 1. The molecule has 5 nitrogen and oxygen atoms in total. The number of hydrogen-bond donors (Lipinski definition) is 1. The van der Waals surface area contributed by atoms with Crippen molar-refractivity contribution < 1.29 is 14.3 Å². The predicted octanol–water partition coefficient (Wildman–Crippen LogP) is 2.46. The van der Waals surface area contributed by atoms with E-state index in [9.17, 15) is 14.4 Å². The highest BCUT2D eigenvalue weighted by Gasteiger charge is 2.36. The normalized spacial score (nSPS) is 24.4. The summed E-state index contributed by atoms with van der Waals surface area (Å²) in [5.74, 6) is -0.340. The van der Waals surface area contributed by atoms with Gasteiger partial charge in [0.2, 0.25) is 0 Å². The van der Waals surface area contributed by atoms with Gasteiger partial charge in [-0.3, -0.25) is 4.90 Å². The van der Waals surface area contributed by atoms with Crippen molar-refractivity contribution in [2.45, 2.75) is 32.0 Å². The van der Waals surface area contributed by atoms with Gasteiger partial charge in [-0.15, -0.1) is 0 Å². The minimum absolute atomic E-state index is 0.0768. The molecule has 112 valence electrons. The molecule has 0 radical (unpaired) electrons. The van der Waals surface area contributed by atoms with Crippen LogP contribution in [-0.4, -0.2) is 46.2 Å². The second-order valence-corrected chi connectivity index (χ2v) is 5.41. The van der Waals surface area contributed by atoms with Crippen molar-refractivity contribution in [2.24, 2.45) is 0 Å². The molecule has 1 amide bonds. The Morgan fingerprint density at radius 1 is 1.33 bits per heavy atom. The smallest absolute Gasteiger partial charge is 0.407 e. The minimum atomic E-state index is -0.940. The fourth-order valence-electron chi connectivity index (χ4n) is 2.76. The van der Waals surface area contributed by atoms with E-state index >= 15 is 0 Å². The van der Waals surface area contributed by atoms with Crippen LogP contribution < -0.4 is 0 Å². The number of hydrogen-bond acceptors (Lipinski definition) is 3. The lowest BCUT2D eigenvalue weighted by atomic mass is 10.0. The maximum Gasteiger partial charge on any atom is 0.407 e. The molecule has 3 atom stereocenters. The van der Waals surface area contributed by atoms with E-state index in [1.54, 1.807) is 12.1 Å². The number of carbonyl (C=O) groups is 1. The number of benzene rings is 1. The third-order valence-corrected chi connectivity index (χ3v) is 3.92. The van der Waals surface area contributed by atoms with E-state index in [2.05, 4.69) is 6.07 Å². The SMILES string of the molecule is C[C@@H]1CN(C(=O)O)[C@@H](C)CN1C(C#N)c1ccc(F)cc1. The van der Waals surface area contributed by atoms with Crippen molar-refractivity contribution in [1.29, 1.82) is 5.26 Å². The summed E-state index contributed by atoms with van der Waals surface area (Å²) in [6.07, 6.45) is -0.940. The van der Waals surface area contributed by atoms with Gasteiger partial charge in [-0.05, 0) is 31.5 Å². The molecule has 1 aliphatic heterocycles. The second kappa shape index (κ2) is 6.10. The van der Waals surface area contributed by atoms with Crippen LogP contribution in [0.2, 0.25) is 0 Å². The Labute approximate surface area is 123 Å². The zero-order valence-corrected chi connectivity index (χ0v) is 12.0. The Morgan fingerprint density at radius 2 is 1.95 bits per heavy atom. The monoisotopic (exact) mass is 291 g/mol. The molecule has 1 heterocycles. The second-order valence-electron chi connectivity index (χ2n) is 5.41. The van der Waals surface area contributed by atoms with Gasteiger partial charge in [-0.25, -0.2) is 9.18 Å². The number of amides is 1. The topological polar surface area (TPSA) is 67.6 Å². The average molecular weight is 291 g/mol. The lowest BCUT2D eigenvalue weighted by molar-refractivity contribution is 0.0311. The maximum absolute atomic E-state index is 13.0. The maximum atomic E-state index is 13.0. The number of piperazine rings is 1. The lowest BCUT2D eigenvalue weighted by Crippen LogP contribution is -2.58. The Morgan fingerprint density at radius 3 is 2.48 bits per heavy atom. The van der Waals surface area contributed by atoms with E-state index in [0.717, 1.165) is 5.56 Å². The summed E-state index contributed by atoms with van der Waals surface area (Å²) >= 11 is 0. The van der Waals surface area contributed by atoms with Gasteiger partial charge >= 0.3 is 6.09 Å². The summed E-state index contributed by atoms with van der Waals surface area (Å²) in [6.45, 7) is 4.56. The van der Waals surface area contributed by atoms with E-state index in [4.69, 9.17) is 5.11 Å². The van der Waals surface area contributed by atoms with Crippen molar-refractivity contribution in [3.63, 3.8) is 0 Å². The van der Waals surface area contributed by atoms with Crippen LogP contribution in [0.25, 0.3) is 0 Å². The van der Waals surface area contributed by atoms with E-state index in [-0.39, 0.29) is 17.9 Å². The largest absolute Gasteiger partial charge is 0.465 e. The summed E-state index contributed by atoms with van der Waals surface area (Å²) in [4.78, 5) is 14.5. The molecule has 1 saturated heterocycles. The van der Waals surface area contributed by atoms with Crippen LogP contribution in [0.4, 0.5) is 9.18 Å². The first kappa shape index (κ1) is 15.3. The summed E-state index contributed by atoms with van der Waals surface area (Å²) in [7, 11) is 0. The van der Waals surface area contributed by atoms with E-state index in [1.165, 1.54) is 17.0 Å². The summed E-state index contributed by atoms with van der Waals surface area (Å²) < 4.78 is 13.0. The van der Waals surface area contributed by atoms with Gasteiger partial charge in [0.15, 0.2) is 0 Å². The molecular formula is C15H18FN3O2. The third-order valence-electron chi connectivity index (χ3n) is 3.92. The highest BCUT2D eigenvalue weighted by Crippen LogP contribution is 2.27. The Hall–Kier alpha value is -2.13. The number of halogens is 1. The van der Waals surface area contributed by atoms with Crippen molar-refractivity contribution in [3.05, 3.63) is 35.6 Å². The quantitative estimate of drug-likeness (QED) is 0.909. The summed E-state index contributed by atoms with van der Waals surface area (Å²) in [5.41, 5.74) is 0.724. The van der Waals surface area contributed by atoms with Crippen LogP contribution in [0.5, 0.6) is 0 Å². The molecule has 1 N–H and O–H groups in total. The fraction of sp³-hybridized carbons (Fsp3) is 0.467. The van der Waals surface area contributed by atoms with Crippen LogP contribution in [0.3, 0.4) is 0 Å². The first-order chi connectivity index (χ1) is 9.93. The van der Waals surface area contributed by atoms with Gasteiger partial charge in [0.05, 0.1) is 6.07 Å². The Balaban J connectivity index is 2.21. The Bertz CT molecular complexity index is 555. The molecule has 2 rings (SSSR count). The molecule has 0 saturated carbocycles.